The number of carbonyl (C=O) groups excluding carboxylic acids is 2. The summed E-state index contributed by atoms with van der Waals surface area (Å²) in [5, 5.41) is 2.99. The Morgan fingerprint density at radius 3 is 2.54 bits per heavy atom. The number of carbonyl (C=O) groups is 2. The molecule has 6 heteroatoms. The second kappa shape index (κ2) is 8.78. The van der Waals surface area contributed by atoms with Gasteiger partial charge in [-0.2, -0.15) is 0 Å². The van der Waals surface area contributed by atoms with Crippen molar-refractivity contribution in [1.29, 1.82) is 0 Å². The first-order chi connectivity index (χ1) is 13.5. The predicted octanol–water partition coefficient (Wildman–Crippen LogP) is 3.69. The zero-order valence-corrected chi connectivity index (χ0v) is 16.6. The number of benzene rings is 2. The van der Waals surface area contributed by atoms with E-state index in [1.54, 1.807) is 31.0 Å². The van der Waals surface area contributed by atoms with Crippen molar-refractivity contribution in [2.75, 3.05) is 39.6 Å². The summed E-state index contributed by atoms with van der Waals surface area (Å²) < 4.78 is 5.27. The van der Waals surface area contributed by atoms with Gasteiger partial charge in [0, 0.05) is 32.9 Å². The van der Waals surface area contributed by atoms with Gasteiger partial charge in [0.2, 0.25) is 5.91 Å². The van der Waals surface area contributed by atoms with Gasteiger partial charge < -0.3 is 19.9 Å². The molecule has 3 rings (SSSR count). The Labute approximate surface area is 166 Å². The molecule has 1 atom stereocenters. The standard InChI is InChI=1S/C22H27N3O3/c1-24(2)22(27)25-13-5-7-18(15-25)21(26)23-19-11-9-16(10-12-19)17-6-4-8-20(14-17)28-3/h4,6,8-12,14,18H,5,7,13,15H2,1-3H3,(H,23,26). The van der Waals surface area contributed by atoms with Crippen molar-refractivity contribution in [3.63, 3.8) is 0 Å². The Kier molecular flexibility index (Phi) is 6.19. The molecule has 148 valence electrons. The van der Waals surface area contributed by atoms with Crippen molar-refractivity contribution in [3.8, 4) is 16.9 Å². The third kappa shape index (κ3) is 4.63. The van der Waals surface area contributed by atoms with Gasteiger partial charge in [-0.25, -0.2) is 4.79 Å². The van der Waals surface area contributed by atoms with Crippen LogP contribution < -0.4 is 10.1 Å². The van der Waals surface area contributed by atoms with E-state index >= 15 is 0 Å². The molecule has 0 aromatic heterocycles. The van der Waals surface area contributed by atoms with Crippen LogP contribution in [0.5, 0.6) is 5.75 Å². The second-order valence-electron chi connectivity index (χ2n) is 7.26. The highest BCUT2D eigenvalue weighted by Crippen LogP contribution is 2.26. The van der Waals surface area contributed by atoms with Crippen molar-refractivity contribution in [2.24, 2.45) is 5.92 Å². The van der Waals surface area contributed by atoms with Gasteiger partial charge in [0.1, 0.15) is 5.75 Å². The number of hydrogen-bond acceptors (Lipinski definition) is 3. The average molecular weight is 381 g/mol. The van der Waals surface area contributed by atoms with Crippen LogP contribution in [0.25, 0.3) is 11.1 Å². The van der Waals surface area contributed by atoms with Crippen LogP contribution in [0.2, 0.25) is 0 Å². The predicted molar refractivity (Wildman–Crippen MR) is 110 cm³/mol. The van der Waals surface area contributed by atoms with Crippen LogP contribution >= 0.6 is 0 Å². The lowest BCUT2D eigenvalue weighted by Gasteiger charge is -2.33. The van der Waals surface area contributed by atoms with E-state index < -0.39 is 0 Å². The highest BCUT2D eigenvalue weighted by Gasteiger charge is 2.29. The van der Waals surface area contributed by atoms with Gasteiger partial charge in [-0.05, 0) is 48.2 Å². The number of piperidine rings is 1. The molecular weight excluding hydrogens is 354 g/mol. The zero-order chi connectivity index (χ0) is 20.1. The first-order valence-electron chi connectivity index (χ1n) is 9.49. The molecule has 0 saturated carbocycles. The number of rotatable bonds is 4. The van der Waals surface area contributed by atoms with Crippen LogP contribution in [0, 0.1) is 5.92 Å². The molecule has 0 radical (unpaired) electrons. The lowest BCUT2D eigenvalue weighted by Crippen LogP contribution is -2.47. The summed E-state index contributed by atoms with van der Waals surface area (Å²) in [5.41, 5.74) is 2.87. The summed E-state index contributed by atoms with van der Waals surface area (Å²) in [6, 6.07) is 15.6. The van der Waals surface area contributed by atoms with E-state index in [9.17, 15) is 9.59 Å². The van der Waals surface area contributed by atoms with E-state index in [1.807, 2.05) is 48.5 Å². The topological polar surface area (TPSA) is 61.9 Å². The molecular formula is C22H27N3O3. The van der Waals surface area contributed by atoms with Gasteiger partial charge >= 0.3 is 6.03 Å². The molecule has 1 N–H and O–H groups in total. The molecule has 1 aliphatic rings. The smallest absolute Gasteiger partial charge is 0.319 e. The molecule has 1 unspecified atom stereocenters. The highest BCUT2D eigenvalue weighted by atomic mass is 16.5. The zero-order valence-electron chi connectivity index (χ0n) is 16.6. The molecule has 1 aliphatic heterocycles. The fraction of sp³-hybridized carbons (Fsp3) is 0.364. The maximum Gasteiger partial charge on any atom is 0.319 e. The van der Waals surface area contributed by atoms with E-state index in [0.717, 1.165) is 35.4 Å². The van der Waals surface area contributed by atoms with Gasteiger partial charge in [0.05, 0.1) is 13.0 Å². The Morgan fingerprint density at radius 1 is 1.11 bits per heavy atom. The van der Waals surface area contributed by atoms with Gasteiger partial charge in [0.25, 0.3) is 0 Å². The van der Waals surface area contributed by atoms with Crippen LogP contribution in [0.3, 0.4) is 0 Å². The van der Waals surface area contributed by atoms with E-state index in [1.165, 1.54) is 0 Å². The Bertz CT molecular complexity index is 833. The molecule has 2 aromatic rings. The van der Waals surface area contributed by atoms with Crippen LogP contribution in [0.4, 0.5) is 10.5 Å². The van der Waals surface area contributed by atoms with E-state index in [2.05, 4.69) is 5.32 Å². The number of ether oxygens (including phenoxy) is 1. The first-order valence-corrected chi connectivity index (χ1v) is 9.49. The van der Waals surface area contributed by atoms with Crippen LogP contribution in [0.1, 0.15) is 12.8 Å². The fourth-order valence-electron chi connectivity index (χ4n) is 3.44. The minimum absolute atomic E-state index is 0.0367. The van der Waals surface area contributed by atoms with E-state index in [-0.39, 0.29) is 17.9 Å². The number of nitrogens with one attached hydrogen (secondary N) is 1. The number of hydrogen-bond donors (Lipinski definition) is 1. The van der Waals surface area contributed by atoms with Crippen molar-refractivity contribution in [3.05, 3.63) is 48.5 Å². The summed E-state index contributed by atoms with van der Waals surface area (Å²) in [6.45, 7) is 1.17. The molecule has 2 aromatic carbocycles. The molecule has 3 amide bonds. The molecule has 28 heavy (non-hydrogen) atoms. The van der Waals surface area contributed by atoms with Gasteiger partial charge in [-0.3, -0.25) is 4.79 Å². The summed E-state index contributed by atoms with van der Waals surface area (Å²) >= 11 is 0. The number of likely N-dealkylation sites (tertiary alicyclic amines) is 1. The van der Waals surface area contributed by atoms with Crippen molar-refractivity contribution in [1.82, 2.24) is 9.80 Å². The molecule has 0 aliphatic carbocycles. The van der Waals surface area contributed by atoms with E-state index in [0.29, 0.717) is 13.1 Å². The lowest BCUT2D eigenvalue weighted by atomic mass is 9.97. The maximum absolute atomic E-state index is 12.7. The molecule has 0 bridgehead atoms. The third-order valence-corrected chi connectivity index (χ3v) is 5.00. The van der Waals surface area contributed by atoms with Crippen LogP contribution in [0.15, 0.2) is 48.5 Å². The fourth-order valence-corrected chi connectivity index (χ4v) is 3.44. The number of amides is 3. The summed E-state index contributed by atoms with van der Waals surface area (Å²) in [6.07, 6.45) is 1.64. The number of methoxy groups -OCH3 is 1. The molecule has 1 heterocycles. The van der Waals surface area contributed by atoms with Crippen molar-refractivity contribution in [2.45, 2.75) is 12.8 Å². The van der Waals surface area contributed by atoms with Gasteiger partial charge in [0.15, 0.2) is 0 Å². The monoisotopic (exact) mass is 381 g/mol. The molecule has 6 nitrogen and oxygen atoms in total. The maximum atomic E-state index is 12.7. The average Bonchev–Trinajstić information content (AvgIpc) is 2.73. The minimum Gasteiger partial charge on any atom is -0.497 e. The molecule has 0 spiro atoms. The highest BCUT2D eigenvalue weighted by molar-refractivity contribution is 5.93. The normalized spacial score (nSPS) is 16.4. The summed E-state index contributed by atoms with van der Waals surface area (Å²) in [5.74, 6) is 0.588. The Hall–Kier alpha value is -3.02. The number of nitrogens with zero attached hydrogens (tertiary/aromatic N) is 2. The largest absolute Gasteiger partial charge is 0.497 e. The summed E-state index contributed by atoms with van der Waals surface area (Å²) in [7, 11) is 5.11. The quantitative estimate of drug-likeness (QED) is 0.879. The second-order valence-corrected chi connectivity index (χ2v) is 7.26. The van der Waals surface area contributed by atoms with Gasteiger partial charge in [-0.1, -0.05) is 24.3 Å². The molecule has 1 fully saturated rings. The summed E-state index contributed by atoms with van der Waals surface area (Å²) in [4.78, 5) is 28.1. The SMILES string of the molecule is COc1cccc(-c2ccc(NC(=O)C3CCCN(C(=O)N(C)C)C3)cc2)c1. The molecule has 1 saturated heterocycles. The van der Waals surface area contributed by atoms with Crippen LogP contribution in [-0.2, 0) is 4.79 Å². The number of anilines is 1. The minimum atomic E-state index is -0.185. The third-order valence-electron chi connectivity index (χ3n) is 5.00. The lowest BCUT2D eigenvalue weighted by molar-refractivity contribution is -0.121. The van der Waals surface area contributed by atoms with E-state index in [4.69, 9.17) is 4.74 Å². The first kappa shape index (κ1) is 19.7. The van der Waals surface area contributed by atoms with Crippen molar-refractivity contribution < 1.29 is 14.3 Å². The Balaban J connectivity index is 1.63. The van der Waals surface area contributed by atoms with Crippen LogP contribution in [-0.4, -0.2) is 56.0 Å². The van der Waals surface area contributed by atoms with Crippen molar-refractivity contribution >= 4 is 17.6 Å². The Morgan fingerprint density at radius 2 is 1.86 bits per heavy atom. The number of urea groups is 1. The van der Waals surface area contributed by atoms with Gasteiger partial charge in [-0.15, -0.1) is 0 Å².